The van der Waals surface area contributed by atoms with Crippen molar-refractivity contribution >= 4 is 11.5 Å². The molecule has 0 saturated carbocycles. The van der Waals surface area contributed by atoms with Crippen molar-refractivity contribution in [1.29, 1.82) is 0 Å². The van der Waals surface area contributed by atoms with E-state index in [9.17, 15) is 20.2 Å². The molecule has 0 unspecified atom stereocenters. The van der Waals surface area contributed by atoms with Gasteiger partial charge in [0, 0.05) is 19.1 Å². The molecule has 0 bridgehead atoms. The standard InChI is InChI=1S/C14H13N3O5/c1-9-6-7-13(14(15-9)17(20)21)22-10(2)11-4-3-5-12(8-11)16(18)19/h3-8,10H,1-2H3/t10-/m0/s1. The maximum absolute atomic E-state index is 11.0. The summed E-state index contributed by atoms with van der Waals surface area (Å²) in [6.07, 6.45) is -0.594. The predicted octanol–water partition coefficient (Wildman–Crippen LogP) is 3.35. The highest BCUT2D eigenvalue weighted by atomic mass is 16.6. The van der Waals surface area contributed by atoms with Gasteiger partial charge in [-0.15, -0.1) is 0 Å². The third-order valence-corrected chi connectivity index (χ3v) is 3.01. The van der Waals surface area contributed by atoms with Gasteiger partial charge in [0.05, 0.1) is 4.92 Å². The smallest absolute Gasteiger partial charge is 0.406 e. The molecule has 2 rings (SSSR count). The Morgan fingerprint density at radius 3 is 2.50 bits per heavy atom. The molecule has 22 heavy (non-hydrogen) atoms. The van der Waals surface area contributed by atoms with E-state index in [1.165, 1.54) is 24.3 Å². The Morgan fingerprint density at radius 2 is 1.86 bits per heavy atom. The minimum Gasteiger partial charge on any atom is -0.478 e. The highest BCUT2D eigenvalue weighted by Gasteiger charge is 2.21. The highest BCUT2D eigenvalue weighted by molar-refractivity contribution is 5.41. The number of hydrogen-bond donors (Lipinski definition) is 0. The van der Waals surface area contributed by atoms with Gasteiger partial charge in [0.15, 0.2) is 0 Å². The first kappa shape index (κ1) is 15.4. The normalized spacial score (nSPS) is 11.7. The molecule has 0 radical (unpaired) electrons. The van der Waals surface area contributed by atoms with Gasteiger partial charge in [0.2, 0.25) is 5.75 Å². The van der Waals surface area contributed by atoms with Crippen LogP contribution in [0.15, 0.2) is 36.4 Å². The van der Waals surface area contributed by atoms with E-state index in [1.54, 1.807) is 26.0 Å². The summed E-state index contributed by atoms with van der Waals surface area (Å²) >= 11 is 0. The zero-order chi connectivity index (χ0) is 16.3. The van der Waals surface area contributed by atoms with Gasteiger partial charge in [-0.25, -0.2) is 0 Å². The first-order chi connectivity index (χ1) is 10.4. The van der Waals surface area contributed by atoms with Crippen LogP contribution in [0.1, 0.15) is 24.3 Å². The van der Waals surface area contributed by atoms with E-state index >= 15 is 0 Å². The van der Waals surface area contributed by atoms with Crippen LogP contribution in [0.4, 0.5) is 11.5 Å². The van der Waals surface area contributed by atoms with E-state index < -0.39 is 16.0 Å². The molecule has 0 aliphatic rings. The molecule has 0 N–H and O–H groups in total. The predicted molar refractivity (Wildman–Crippen MR) is 77.8 cm³/mol. The quantitative estimate of drug-likeness (QED) is 0.619. The van der Waals surface area contributed by atoms with Gasteiger partial charge >= 0.3 is 5.82 Å². The molecular weight excluding hydrogens is 290 g/mol. The van der Waals surface area contributed by atoms with Crippen LogP contribution in [0.25, 0.3) is 0 Å². The van der Waals surface area contributed by atoms with Crippen LogP contribution in [0, 0.1) is 27.2 Å². The van der Waals surface area contributed by atoms with E-state index in [0.717, 1.165) is 0 Å². The van der Waals surface area contributed by atoms with Crippen LogP contribution in [0.5, 0.6) is 5.75 Å². The highest BCUT2D eigenvalue weighted by Crippen LogP contribution is 2.30. The molecule has 2 aromatic rings. The Balaban J connectivity index is 2.29. The Kier molecular flexibility index (Phi) is 4.31. The Bertz CT molecular complexity index is 732. The molecule has 8 nitrogen and oxygen atoms in total. The number of nitro groups is 2. The number of non-ortho nitro benzene ring substituents is 1. The molecule has 0 saturated heterocycles. The van der Waals surface area contributed by atoms with Crippen LogP contribution in [-0.4, -0.2) is 14.8 Å². The second kappa shape index (κ2) is 6.17. The number of nitrogens with zero attached hydrogens (tertiary/aromatic N) is 3. The minimum absolute atomic E-state index is 0.0228. The summed E-state index contributed by atoms with van der Waals surface area (Å²) in [4.78, 5) is 24.5. The molecule has 0 aliphatic carbocycles. The molecule has 0 amide bonds. The maximum Gasteiger partial charge on any atom is 0.406 e. The number of benzene rings is 1. The molecule has 114 valence electrons. The van der Waals surface area contributed by atoms with Crippen molar-refractivity contribution in [3.05, 3.63) is 67.9 Å². The molecular formula is C14H13N3O5. The average Bonchev–Trinajstić information content (AvgIpc) is 2.48. The lowest BCUT2D eigenvalue weighted by Gasteiger charge is -2.14. The van der Waals surface area contributed by atoms with Crippen molar-refractivity contribution in [1.82, 2.24) is 4.98 Å². The molecule has 0 spiro atoms. The summed E-state index contributed by atoms with van der Waals surface area (Å²) in [7, 11) is 0. The Hall–Kier alpha value is -3.03. The molecule has 0 aliphatic heterocycles. The monoisotopic (exact) mass is 303 g/mol. The van der Waals surface area contributed by atoms with Gasteiger partial charge in [-0.3, -0.25) is 10.1 Å². The molecule has 1 atom stereocenters. The summed E-state index contributed by atoms with van der Waals surface area (Å²) in [5.74, 6) is -0.355. The number of rotatable bonds is 5. The fraction of sp³-hybridized carbons (Fsp3) is 0.214. The fourth-order valence-corrected chi connectivity index (χ4v) is 1.90. The van der Waals surface area contributed by atoms with Gasteiger partial charge in [-0.1, -0.05) is 12.1 Å². The number of nitro benzene ring substituents is 1. The van der Waals surface area contributed by atoms with Crippen molar-refractivity contribution in [2.24, 2.45) is 0 Å². The number of aryl methyl sites for hydroxylation is 1. The summed E-state index contributed by atoms with van der Waals surface area (Å²) in [5, 5.41) is 21.8. The first-order valence-corrected chi connectivity index (χ1v) is 6.41. The van der Waals surface area contributed by atoms with Gasteiger partial charge in [-0.2, -0.15) is 0 Å². The van der Waals surface area contributed by atoms with Crippen molar-refractivity contribution in [2.45, 2.75) is 20.0 Å². The van der Waals surface area contributed by atoms with Gasteiger partial charge in [0.25, 0.3) is 5.69 Å². The summed E-state index contributed by atoms with van der Waals surface area (Å²) in [5.41, 5.74) is 0.982. The lowest BCUT2D eigenvalue weighted by atomic mass is 10.1. The summed E-state index contributed by atoms with van der Waals surface area (Å²) in [6.45, 7) is 3.30. The Labute approximate surface area is 125 Å². The van der Waals surface area contributed by atoms with E-state index in [2.05, 4.69) is 4.98 Å². The lowest BCUT2D eigenvalue weighted by molar-refractivity contribution is -0.390. The van der Waals surface area contributed by atoms with Crippen molar-refractivity contribution in [3.63, 3.8) is 0 Å². The van der Waals surface area contributed by atoms with Crippen LogP contribution >= 0.6 is 0 Å². The Morgan fingerprint density at radius 1 is 1.14 bits per heavy atom. The van der Waals surface area contributed by atoms with Crippen LogP contribution in [-0.2, 0) is 0 Å². The summed E-state index contributed by atoms with van der Waals surface area (Å²) in [6, 6.07) is 9.00. The number of ether oxygens (including phenoxy) is 1. The molecule has 1 aromatic carbocycles. The average molecular weight is 303 g/mol. The van der Waals surface area contributed by atoms with Crippen molar-refractivity contribution in [2.75, 3.05) is 0 Å². The summed E-state index contributed by atoms with van der Waals surface area (Å²) < 4.78 is 5.56. The van der Waals surface area contributed by atoms with Crippen LogP contribution in [0.2, 0.25) is 0 Å². The van der Waals surface area contributed by atoms with E-state index in [4.69, 9.17) is 4.74 Å². The topological polar surface area (TPSA) is 108 Å². The third kappa shape index (κ3) is 3.35. The minimum atomic E-state index is -0.623. The number of hydrogen-bond acceptors (Lipinski definition) is 6. The zero-order valence-corrected chi connectivity index (χ0v) is 11.9. The molecule has 0 fully saturated rings. The number of aromatic nitrogens is 1. The molecule has 1 aromatic heterocycles. The van der Waals surface area contributed by atoms with E-state index in [-0.39, 0.29) is 17.3 Å². The molecule has 8 heteroatoms. The fourth-order valence-electron chi connectivity index (χ4n) is 1.90. The van der Waals surface area contributed by atoms with Crippen LogP contribution < -0.4 is 4.74 Å². The molecule has 1 heterocycles. The largest absolute Gasteiger partial charge is 0.478 e. The second-order valence-corrected chi connectivity index (χ2v) is 4.64. The van der Waals surface area contributed by atoms with Crippen molar-refractivity contribution in [3.8, 4) is 5.75 Å². The van der Waals surface area contributed by atoms with E-state index in [0.29, 0.717) is 11.3 Å². The van der Waals surface area contributed by atoms with Crippen LogP contribution in [0.3, 0.4) is 0 Å². The lowest BCUT2D eigenvalue weighted by Crippen LogP contribution is -2.06. The second-order valence-electron chi connectivity index (χ2n) is 4.64. The number of pyridine rings is 1. The zero-order valence-electron chi connectivity index (χ0n) is 11.9. The van der Waals surface area contributed by atoms with Gasteiger partial charge in [-0.05, 0) is 34.5 Å². The van der Waals surface area contributed by atoms with Gasteiger partial charge in [0.1, 0.15) is 11.8 Å². The van der Waals surface area contributed by atoms with E-state index in [1.807, 2.05) is 0 Å². The van der Waals surface area contributed by atoms with Gasteiger partial charge < -0.3 is 14.9 Å². The SMILES string of the molecule is Cc1ccc(O[C@@H](C)c2cccc([N+](=O)[O-])c2)c([N+](=O)[O-])n1. The van der Waals surface area contributed by atoms with Crippen molar-refractivity contribution < 1.29 is 14.6 Å². The maximum atomic E-state index is 11.0. The first-order valence-electron chi connectivity index (χ1n) is 6.41. The third-order valence-electron chi connectivity index (χ3n) is 3.01.